The Balaban J connectivity index is 4.14. The lowest BCUT2D eigenvalue weighted by atomic mass is 9.83. The van der Waals surface area contributed by atoms with E-state index in [1.165, 1.54) is 0 Å². The van der Waals surface area contributed by atoms with Crippen molar-refractivity contribution in [3.05, 3.63) is 0 Å². The van der Waals surface area contributed by atoms with Gasteiger partial charge in [0.1, 0.15) is 0 Å². The van der Waals surface area contributed by atoms with Crippen LogP contribution in [0.4, 0.5) is 0 Å². The highest BCUT2D eigenvalue weighted by molar-refractivity contribution is 4.83. The van der Waals surface area contributed by atoms with Crippen LogP contribution in [0.25, 0.3) is 0 Å². The zero-order valence-corrected chi connectivity index (χ0v) is 8.25. The number of hydrogen-bond acceptors (Lipinski definition) is 3. The molecular weight excluding hydrogens is 154 g/mol. The Labute approximate surface area is 74.6 Å². The highest BCUT2D eigenvalue weighted by Gasteiger charge is 2.30. The second-order valence-electron chi connectivity index (χ2n) is 3.71. The van der Waals surface area contributed by atoms with Crippen molar-refractivity contribution in [2.24, 2.45) is 11.7 Å². The molecule has 12 heavy (non-hydrogen) atoms. The first-order valence-corrected chi connectivity index (χ1v) is 4.56. The van der Waals surface area contributed by atoms with Crippen molar-refractivity contribution in [3.63, 3.8) is 0 Å². The topological polar surface area (TPSA) is 66.5 Å². The van der Waals surface area contributed by atoms with Crippen LogP contribution in [0.3, 0.4) is 0 Å². The summed E-state index contributed by atoms with van der Waals surface area (Å²) in [5, 5.41) is 19.3. The maximum absolute atomic E-state index is 9.98. The molecule has 0 radical (unpaired) electrons. The minimum absolute atomic E-state index is 0.156. The van der Waals surface area contributed by atoms with Crippen molar-refractivity contribution in [1.29, 1.82) is 0 Å². The largest absolute Gasteiger partial charge is 0.392 e. The van der Waals surface area contributed by atoms with Gasteiger partial charge in [0.15, 0.2) is 0 Å². The number of rotatable bonds is 5. The number of aliphatic hydroxyl groups excluding tert-OH is 1. The second-order valence-corrected chi connectivity index (χ2v) is 3.71. The SMILES string of the molecule is CC[C@@](O)(C[C@@H](O)CN)C(C)C. The first-order valence-electron chi connectivity index (χ1n) is 4.56. The molecule has 0 rings (SSSR count). The molecule has 2 atom stereocenters. The van der Waals surface area contributed by atoms with E-state index >= 15 is 0 Å². The lowest BCUT2D eigenvalue weighted by Gasteiger charge is -2.32. The van der Waals surface area contributed by atoms with E-state index in [-0.39, 0.29) is 12.5 Å². The van der Waals surface area contributed by atoms with Crippen LogP contribution in [0.1, 0.15) is 33.6 Å². The minimum atomic E-state index is -0.765. The van der Waals surface area contributed by atoms with E-state index in [0.29, 0.717) is 12.8 Å². The van der Waals surface area contributed by atoms with E-state index in [1.54, 1.807) is 0 Å². The third-order valence-electron chi connectivity index (χ3n) is 2.55. The molecule has 0 aliphatic rings. The first kappa shape index (κ1) is 11.9. The molecule has 0 aromatic rings. The fourth-order valence-corrected chi connectivity index (χ4v) is 1.28. The summed E-state index contributed by atoms with van der Waals surface area (Å²) in [4.78, 5) is 0. The molecule has 4 N–H and O–H groups in total. The Morgan fingerprint density at radius 2 is 1.92 bits per heavy atom. The molecule has 0 aromatic carbocycles. The maximum Gasteiger partial charge on any atom is 0.0693 e. The number of aliphatic hydroxyl groups is 2. The summed E-state index contributed by atoms with van der Waals surface area (Å²) < 4.78 is 0. The van der Waals surface area contributed by atoms with Gasteiger partial charge in [-0.05, 0) is 12.3 Å². The quantitative estimate of drug-likeness (QED) is 0.570. The maximum atomic E-state index is 9.98. The van der Waals surface area contributed by atoms with Crippen LogP contribution in [0.5, 0.6) is 0 Å². The third-order valence-corrected chi connectivity index (χ3v) is 2.55. The molecule has 0 bridgehead atoms. The molecule has 0 heterocycles. The summed E-state index contributed by atoms with van der Waals surface area (Å²) in [6.07, 6.45) is 0.441. The van der Waals surface area contributed by atoms with Crippen molar-refractivity contribution in [1.82, 2.24) is 0 Å². The van der Waals surface area contributed by atoms with Crippen molar-refractivity contribution in [2.75, 3.05) is 6.54 Å². The molecule has 0 saturated heterocycles. The van der Waals surface area contributed by atoms with Crippen LogP contribution in [0.15, 0.2) is 0 Å². The molecule has 3 heteroatoms. The lowest BCUT2D eigenvalue weighted by Crippen LogP contribution is -2.40. The van der Waals surface area contributed by atoms with Crippen LogP contribution in [-0.4, -0.2) is 28.5 Å². The Kier molecular flexibility index (Phi) is 4.75. The van der Waals surface area contributed by atoms with E-state index in [0.717, 1.165) is 0 Å². The summed E-state index contributed by atoms with van der Waals surface area (Å²) in [6.45, 7) is 6.04. The van der Waals surface area contributed by atoms with Gasteiger partial charge in [-0.2, -0.15) is 0 Å². The van der Waals surface area contributed by atoms with Gasteiger partial charge in [-0.3, -0.25) is 0 Å². The zero-order valence-electron chi connectivity index (χ0n) is 8.25. The van der Waals surface area contributed by atoms with Gasteiger partial charge in [-0.1, -0.05) is 20.8 Å². The third kappa shape index (κ3) is 3.09. The molecule has 0 fully saturated rings. The second kappa shape index (κ2) is 4.80. The van der Waals surface area contributed by atoms with Crippen LogP contribution >= 0.6 is 0 Å². The van der Waals surface area contributed by atoms with Crippen LogP contribution < -0.4 is 5.73 Å². The molecule has 0 spiro atoms. The Morgan fingerprint density at radius 1 is 1.42 bits per heavy atom. The van der Waals surface area contributed by atoms with Gasteiger partial charge in [0.05, 0.1) is 11.7 Å². The van der Waals surface area contributed by atoms with Gasteiger partial charge in [0, 0.05) is 13.0 Å². The first-order chi connectivity index (χ1) is 5.46. The van der Waals surface area contributed by atoms with Gasteiger partial charge in [-0.25, -0.2) is 0 Å². The van der Waals surface area contributed by atoms with Crippen LogP contribution in [0, 0.1) is 5.92 Å². The molecule has 0 amide bonds. The van der Waals surface area contributed by atoms with Gasteiger partial charge in [-0.15, -0.1) is 0 Å². The predicted molar refractivity (Wildman–Crippen MR) is 49.8 cm³/mol. The smallest absolute Gasteiger partial charge is 0.0693 e. The van der Waals surface area contributed by atoms with E-state index < -0.39 is 11.7 Å². The fraction of sp³-hybridized carbons (Fsp3) is 1.00. The molecule has 74 valence electrons. The summed E-state index contributed by atoms with van der Waals surface area (Å²) in [5.74, 6) is 0.156. The van der Waals surface area contributed by atoms with Crippen molar-refractivity contribution >= 4 is 0 Å². The number of hydrogen-bond donors (Lipinski definition) is 3. The Hall–Kier alpha value is -0.120. The van der Waals surface area contributed by atoms with E-state index in [4.69, 9.17) is 5.73 Å². The lowest BCUT2D eigenvalue weighted by molar-refractivity contribution is -0.0467. The molecule has 0 aliphatic heterocycles. The monoisotopic (exact) mass is 175 g/mol. The Bertz CT molecular complexity index is 128. The van der Waals surface area contributed by atoms with Gasteiger partial charge < -0.3 is 15.9 Å². The highest BCUT2D eigenvalue weighted by Crippen LogP contribution is 2.25. The van der Waals surface area contributed by atoms with Crippen molar-refractivity contribution in [2.45, 2.75) is 45.3 Å². The number of nitrogens with two attached hydrogens (primary N) is 1. The zero-order chi connectivity index (χ0) is 9.78. The normalized spacial score (nSPS) is 19.2. The van der Waals surface area contributed by atoms with Gasteiger partial charge in [0.25, 0.3) is 0 Å². The standard InChI is InChI=1S/C9H21NO2/c1-4-9(12,7(2)3)5-8(11)6-10/h7-8,11-12H,4-6,10H2,1-3H3/t8-,9-/m1/s1. The fourth-order valence-electron chi connectivity index (χ4n) is 1.28. The molecule has 3 nitrogen and oxygen atoms in total. The summed E-state index contributed by atoms with van der Waals surface area (Å²) >= 11 is 0. The van der Waals surface area contributed by atoms with Crippen molar-refractivity contribution in [3.8, 4) is 0 Å². The van der Waals surface area contributed by atoms with E-state index in [1.807, 2.05) is 20.8 Å². The van der Waals surface area contributed by atoms with Crippen LogP contribution in [0.2, 0.25) is 0 Å². The average molecular weight is 175 g/mol. The molecule has 0 aromatic heterocycles. The van der Waals surface area contributed by atoms with E-state index in [9.17, 15) is 10.2 Å². The molecule has 0 unspecified atom stereocenters. The van der Waals surface area contributed by atoms with Gasteiger partial charge in [0.2, 0.25) is 0 Å². The van der Waals surface area contributed by atoms with E-state index in [2.05, 4.69) is 0 Å². The summed E-state index contributed by atoms with van der Waals surface area (Å²) in [5.41, 5.74) is 4.51. The predicted octanol–water partition coefficient (Wildman–Crippen LogP) is 0.493. The van der Waals surface area contributed by atoms with Crippen molar-refractivity contribution < 1.29 is 10.2 Å². The summed E-state index contributed by atoms with van der Waals surface area (Å²) in [7, 11) is 0. The minimum Gasteiger partial charge on any atom is -0.392 e. The molecule has 0 aliphatic carbocycles. The molecular formula is C9H21NO2. The summed E-state index contributed by atoms with van der Waals surface area (Å²) in [6, 6.07) is 0. The Morgan fingerprint density at radius 3 is 2.17 bits per heavy atom. The van der Waals surface area contributed by atoms with Crippen LogP contribution in [-0.2, 0) is 0 Å². The molecule has 0 saturated carbocycles. The average Bonchev–Trinajstić information content (AvgIpc) is 2.03. The van der Waals surface area contributed by atoms with Gasteiger partial charge >= 0.3 is 0 Å². The highest BCUT2D eigenvalue weighted by atomic mass is 16.3.